The maximum Gasteiger partial charge on any atom is 0.227 e. The van der Waals surface area contributed by atoms with Gasteiger partial charge in [-0.1, -0.05) is 33.0 Å². The Labute approximate surface area is 112 Å². The first-order chi connectivity index (χ1) is 8.32. The molecule has 3 N–H and O–H groups in total. The van der Waals surface area contributed by atoms with Gasteiger partial charge in [0.15, 0.2) is 0 Å². The van der Waals surface area contributed by atoms with E-state index in [1.807, 2.05) is 13.8 Å². The molecular weight excluding hydrogens is 251 g/mol. The van der Waals surface area contributed by atoms with Gasteiger partial charge in [0, 0.05) is 11.5 Å². The molecule has 18 heavy (non-hydrogen) atoms. The molecule has 1 amide bonds. The molecule has 0 heterocycles. The van der Waals surface area contributed by atoms with Crippen molar-refractivity contribution >= 4 is 28.8 Å². The Bertz CT molecular complexity index is 474. The molecule has 1 atom stereocenters. The summed E-state index contributed by atoms with van der Waals surface area (Å²) >= 11 is 4.75. The van der Waals surface area contributed by atoms with Gasteiger partial charge in [0.2, 0.25) is 5.91 Å². The molecular formula is C13H17FN2OS. The summed E-state index contributed by atoms with van der Waals surface area (Å²) in [7, 11) is 0. The van der Waals surface area contributed by atoms with Gasteiger partial charge in [-0.05, 0) is 24.1 Å². The molecule has 0 saturated heterocycles. The number of amides is 1. The Hall–Kier alpha value is -1.49. The first-order valence-electron chi connectivity index (χ1n) is 5.73. The Kier molecular flexibility index (Phi) is 4.78. The number of rotatable bonds is 4. The second-order valence-corrected chi connectivity index (χ2v) is 5.02. The summed E-state index contributed by atoms with van der Waals surface area (Å²) in [5, 5.41) is 2.56. The number of benzene rings is 1. The van der Waals surface area contributed by atoms with E-state index in [1.165, 1.54) is 12.1 Å². The molecule has 1 unspecified atom stereocenters. The number of nitrogens with one attached hydrogen (secondary N) is 1. The van der Waals surface area contributed by atoms with Crippen LogP contribution in [0.25, 0.3) is 0 Å². The largest absolute Gasteiger partial charge is 0.389 e. The van der Waals surface area contributed by atoms with Crippen molar-refractivity contribution in [2.24, 2.45) is 17.6 Å². The summed E-state index contributed by atoms with van der Waals surface area (Å²) in [5.74, 6) is -0.722. The van der Waals surface area contributed by atoms with Crippen molar-refractivity contribution in [1.82, 2.24) is 0 Å². The third-order valence-electron chi connectivity index (χ3n) is 2.93. The number of halogens is 1. The van der Waals surface area contributed by atoms with E-state index in [1.54, 1.807) is 13.0 Å². The highest BCUT2D eigenvalue weighted by molar-refractivity contribution is 7.80. The van der Waals surface area contributed by atoms with Crippen molar-refractivity contribution in [3.8, 4) is 0 Å². The van der Waals surface area contributed by atoms with E-state index in [4.69, 9.17) is 18.0 Å². The zero-order valence-corrected chi connectivity index (χ0v) is 11.5. The molecule has 0 saturated carbocycles. The standard InChI is InChI=1S/C13H17FN2OS/c1-7(2)8(3)13(17)16-11-5-4-9(12(15)18)6-10(11)14/h4-8H,1-3H3,(H2,15,18)(H,16,17). The highest BCUT2D eigenvalue weighted by Crippen LogP contribution is 2.18. The van der Waals surface area contributed by atoms with E-state index in [-0.39, 0.29) is 28.4 Å². The monoisotopic (exact) mass is 268 g/mol. The fourth-order valence-electron chi connectivity index (χ4n) is 1.32. The van der Waals surface area contributed by atoms with E-state index < -0.39 is 5.82 Å². The van der Waals surface area contributed by atoms with Gasteiger partial charge >= 0.3 is 0 Å². The molecule has 1 aromatic rings. The second-order valence-electron chi connectivity index (χ2n) is 4.58. The molecule has 1 aromatic carbocycles. The van der Waals surface area contributed by atoms with Crippen LogP contribution < -0.4 is 11.1 Å². The van der Waals surface area contributed by atoms with Crippen LogP contribution in [0.4, 0.5) is 10.1 Å². The summed E-state index contributed by atoms with van der Waals surface area (Å²) in [6, 6.07) is 4.27. The minimum Gasteiger partial charge on any atom is -0.389 e. The van der Waals surface area contributed by atoms with Gasteiger partial charge in [0.1, 0.15) is 10.8 Å². The van der Waals surface area contributed by atoms with Gasteiger partial charge in [-0.15, -0.1) is 0 Å². The van der Waals surface area contributed by atoms with Crippen LogP contribution in [-0.2, 0) is 4.79 Å². The summed E-state index contributed by atoms with van der Waals surface area (Å²) < 4.78 is 13.7. The third kappa shape index (κ3) is 3.50. The quantitative estimate of drug-likeness (QED) is 0.825. The van der Waals surface area contributed by atoms with E-state index in [2.05, 4.69) is 5.32 Å². The van der Waals surface area contributed by atoms with E-state index in [0.29, 0.717) is 5.56 Å². The van der Waals surface area contributed by atoms with Gasteiger partial charge in [-0.3, -0.25) is 4.79 Å². The average molecular weight is 268 g/mol. The maximum atomic E-state index is 13.7. The van der Waals surface area contributed by atoms with Crippen LogP contribution in [0.1, 0.15) is 26.3 Å². The smallest absolute Gasteiger partial charge is 0.227 e. The fraction of sp³-hybridized carbons (Fsp3) is 0.385. The van der Waals surface area contributed by atoms with Crippen molar-refractivity contribution in [2.75, 3.05) is 5.32 Å². The zero-order chi connectivity index (χ0) is 13.9. The Balaban J connectivity index is 2.86. The molecule has 0 spiro atoms. The van der Waals surface area contributed by atoms with Crippen LogP contribution in [0, 0.1) is 17.7 Å². The SMILES string of the molecule is CC(C)C(C)C(=O)Nc1ccc(C(N)=S)cc1F. The van der Waals surface area contributed by atoms with E-state index in [9.17, 15) is 9.18 Å². The molecule has 3 nitrogen and oxygen atoms in total. The molecule has 0 aliphatic rings. The van der Waals surface area contributed by atoms with Crippen molar-refractivity contribution in [3.63, 3.8) is 0 Å². The van der Waals surface area contributed by atoms with Crippen LogP contribution in [0.2, 0.25) is 0 Å². The molecule has 1 rings (SSSR count). The fourth-order valence-corrected chi connectivity index (χ4v) is 1.45. The predicted octanol–water partition coefficient (Wildman–Crippen LogP) is 2.69. The summed E-state index contributed by atoms with van der Waals surface area (Å²) in [6.45, 7) is 5.69. The summed E-state index contributed by atoms with van der Waals surface area (Å²) in [5.41, 5.74) is 5.99. The zero-order valence-electron chi connectivity index (χ0n) is 10.7. The lowest BCUT2D eigenvalue weighted by atomic mass is 9.97. The molecule has 0 radical (unpaired) electrons. The minimum atomic E-state index is -0.537. The number of anilines is 1. The van der Waals surface area contributed by atoms with Crippen molar-refractivity contribution in [1.29, 1.82) is 0 Å². The number of hydrogen-bond donors (Lipinski definition) is 2. The Morgan fingerprint density at radius 2 is 2.00 bits per heavy atom. The Morgan fingerprint density at radius 1 is 1.39 bits per heavy atom. The van der Waals surface area contributed by atoms with Crippen LogP contribution in [0.5, 0.6) is 0 Å². The molecule has 0 aliphatic carbocycles. The van der Waals surface area contributed by atoms with Crippen molar-refractivity contribution in [3.05, 3.63) is 29.6 Å². The first kappa shape index (κ1) is 14.6. The van der Waals surface area contributed by atoms with Crippen LogP contribution >= 0.6 is 12.2 Å². The molecule has 0 fully saturated rings. The summed E-state index contributed by atoms with van der Waals surface area (Å²) in [4.78, 5) is 11.9. The topological polar surface area (TPSA) is 55.1 Å². The van der Waals surface area contributed by atoms with Crippen LogP contribution in [0.15, 0.2) is 18.2 Å². The molecule has 5 heteroatoms. The number of hydrogen-bond acceptors (Lipinski definition) is 2. The van der Waals surface area contributed by atoms with Gasteiger partial charge in [-0.2, -0.15) is 0 Å². The Morgan fingerprint density at radius 3 is 2.44 bits per heavy atom. The lowest BCUT2D eigenvalue weighted by Gasteiger charge is -2.15. The predicted molar refractivity (Wildman–Crippen MR) is 74.9 cm³/mol. The number of carbonyl (C=O) groups excluding carboxylic acids is 1. The van der Waals surface area contributed by atoms with Gasteiger partial charge < -0.3 is 11.1 Å². The van der Waals surface area contributed by atoms with Crippen molar-refractivity contribution < 1.29 is 9.18 Å². The second kappa shape index (κ2) is 5.91. The molecule has 0 bridgehead atoms. The van der Waals surface area contributed by atoms with Crippen molar-refractivity contribution in [2.45, 2.75) is 20.8 Å². The highest BCUT2D eigenvalue weighted by atomic mass is 32.1. The van der Waals surface area contributed by atoms with E-state index in [0.717, 1.165) is 0 Å². The molecule has 0 aliphatic heterocycles. The van der Waals surface area contributed by atoms with E-state index >= 15 is 0 Å². The molecule has 0 aromatic heterocycles. The maximum absolute atomic E-state index is 13.7. The van der Waals surface area contributed by atoms with Crippen LogP contribution in [0.3, 0.4) is 0 Å². The normalized spacial score (nSPS) is 12.3. The molecule has 98 valence electrons. The lowest BCUT2D eigenvalue weighted by molar-refractivity contribution is -0.120. The van der Waals surface area contributed by atoms with Gasteiger partial charge in [0.05, 0.1) is 5.69 Å². The minimum absolute atomic E-state index is 0.127. The third-order valence-corrected chi connectivity index (χ3v) is 3.16. The average Bonchev–Trinajstić information content (AvgIpc) is 2.30. The van der Waals surface area contributed by atoms with Gasteiger partial charge in [-0.25, -0.2) is 4.39 Å². The number of carbonyl (C=O) groups is 1. The first-order valence-corrected chi connectivity index (χ1v) is 6.14. The number of thiocarbonyl (C=S) groups is 1. The number of nitrogens with two attached hydrogens (primary N) is 1. The lowest BCUT2D eigenvalue weighted by Crippen LogP contribution is -2.24. The van der Waals surface area contributed by atoms with Crippen LogP contribution in [-0.4, -0.2) is 10.9 Å². The summed E-state index contributed by atoms with van der Waals surface area (Å²) in [6.07, 6.45) is 0. The van der Waals surface area contributed by atoms with Gasteiger partial charge in [0.25, 0.3) is 0 Å². The highest BCUT2D eigenvalue weighted by Gasteiger charge is 2.18.